The van der Waals surface area contributed by atoms with Crippen LogP contribution < -0.4 is 9.64 Å². The van der Waals surface area contributed by atoms with Gasteiger partial charge < -0.3 is 9.64 Å². The Morgan fingerprint density at radius 2 is 1.94 bits per heavy atom. The number of anilines is 1. The molecule has 0 spiro atoms. The minimum Gasteiger partial charge on any atom is -0.496 e. The number of benzene rings is 1. The highest BCUT2D eigenvalue weighted by Crippen LogP contribution is 2.33. The summed E-state index contributed by atoms with van der Waals surface area (Å²) in [6.45, 7) is 7.18. The van der Waals surface area contributed by atoms with Gasteiger partial charge in [0.05, 0.1) is 13.2 Å². The van der Waals surface area contributed by atoms with Gasteiger partial charge in [0, 0.05) is 25.7 Å². The zero-order valence-corrected chi connectivity index (χ0v) is 12.0. The Balaban J connectivity index is 3.00. The second kappa shape index (κ2) is 6.30. The molecule has 1 aromatic carbocycles. The standard InChI is InChI=1S/C15H22N2O/c1-11-10-14(17(4)9-7-6-8-16)12(2)13(3)15(11)18-5/h10H,6-7,9H2,1-5H3. The smallest absolute Gasteiger partial charge is 0.125 e. The molecule has 0 saturated carbocycles. The van der Waals surface area contributed by atoms with E-state index in [1.54, 1.807) is 7.11 Å². The lowest BCUT2D eigenvalue weighted by atomic mass is 10.0. The Morgan fingerprint density at radius 3 is 2.50 bits per heavy atom. The number of ether oxygens (including phenoxy) is 1. The van der Waals surface area contributed by atoms with Gasteiger partial charge in [-0.1, -0.05) is 0 Å². The van der Waals surface area contributed by atoms with Gasteiger partial charge in [-0.05, 0) is 49.9 Å². The van der Waals surface area contributed by atoms with Crippen molar-refractivity contribution in [2.75, 3.05) is 25.6 Å². The number of hydrogen-bond donors (Lipinski definition) is 0. The van der Waals surface area contributed by atoms with Gasteiger partial charge in [0.1, 0.15) is 5.75 Å². The molecule has 0 unspecified atom stereocenters. The molecule has 98 valence electrons. The van der Waals surface area contributed by atoms with Gasteiger partial charge >= 0.3 is 0 Å². The number of hydrogen-bond acceptors (Lipinski definition) is 3. The second-order valence-electron chi connectivity index (χ2n) is 4.68. The third-order valence-electron chi connectivity index (χ3n) is 3.40. The van der Waals surface area contributed by atoms with Gasteiger partial charge in [-0.2, -0.15) is 5.26 Å². The predicted octanol–water partition coefficient (Wildman–Crippen LogP) is 3.36. The van der Waals surface area contributed by atoms with E-state index < -0.39 is 0 Å². The molecule has 0 aliphatic carbocycles. The van der Waals surface area contributed by atoms with Gasteiger partial charge in [0.2, 0.25) is 0 Å². The predicted molar refractivity (Wildman–Crippen MR) is 75.3 cm³/mol. The van der Waals surface area contributed by atoms with E-state index in [1.807, 2.05) is 0 Å². The Bertz CT molecular complexity index is 461. The largest absolute Gasteiger partial charge is 0.496 e. The number of nitrogens with zero attached hydrogens (tertiary/aromatic N) is 2. The number of unbranched alkanes of at least 4 members (excludes halogenated alkanes) is 1. The van der Waals surface area contributed by atoms with Crippen LogP contribution in [0, 0.1) is 32.1 Å². The third kappa shape index (κ3) is 2.95. The molecule has 0 saturated heterocycles. The average Bonchev–Trinajstić information content (AvgIpc) is 2.34. The monoisotopic (exact) mass is 246 g/mol. The molecule has 1 rings (SSSR count). The van der Waals surface area contributed by atoms with Crippen LogP contribution >= 0.6 is 0 Å². The summed E-state index contributed by atoms with van der Waals surface area (Å²) < 4.78 is 5.43. The lowest BCUT2D eigenvalue weighted by Gasteiger charge is -2.24. The molecule has 0 fully saturated rings. The van der Waals surface area contributed by atoms with E-state index in [-0.39, 0.29) is 0 Å². The fourth-order valence-electron chi connectivity index (χ4n) is 2.26. The number of nitriles is 1. The van der Waals surface area contributed by atoms with Crippen LogP contribution in [0.3, 0.4) is 0 Å². The molecular formula is C15H22N2O. The van der Waals surface area contributed by atoms with Crippen LogP contribution in [-0.4, -0.2) is 20.7 Å². The van der Waals surface area contributed by atoms with Gasteiger partial charge in [0.15, 0.2) is 0 Å². The summed E-state index contributed by atoms with van der Waals surface area (Å²) in [5.41, 5.74) is 4.82. The van der Waals surface area contributed by atoms with Crippen molar-refractivity contribution in [1.82, 2.24) is 0 Å². The SMILES string of the molecule is COc1c(C)cc(N(C)CCCC#N)c(C)c1C. The van der Waals surface area contributed by atoms with Crippen LogP contribution in [0.5, 0.6) is 5.75 Å². The first-order valence-corrected chi connectivity index (χ1v) is 6.25. The van der Waals surface area contributed by atoms with Crippen molar-refractivity contribution < 1.29 is 4.74 Å². The zero-order chi connectivity index (χ0) is 13.7. The van der Waals surface area contributed by atoms with Crippen LogP contribution in [0.1, 0.15) is 29.5 Å². The van der Waals surface area contributed by atoms with Crippen molar-refractivity contribution in [2.45, 2.75) is 33.6 Å². The van der Waals surface area contributed by atoms with E-state index in [2.05, 4.69) is 44.9 Å². The Labute approximate surface area is 110 Å². The minimum absolute atomic E-state index is 0.609. The topological polar surface area (TPSA) is 36.3 Å². The molecule has 0 aliphatic rings. The summed E-state index contributed by atoms with van der Waals surface area (Å²) in [7, 11) is 3.79. The Hall–Kier alpha value is -1.69. The maximum absolute atomic E-state index is 8.58. The van der Waals surface area contributed by atoms with Crippen molar-refractivity contribution in [3.05, 3.63) is 22.8 Å². The van der Waals surface area contributed by atoms with Crippen LogP contribution in [0.2, 0.25) is 0 Å². The van der Waals surface area contributed by atoms with Crippen molar-refractivity contribution >= 4 is 5.69 Å². The third-order valence-corrected chi connectivity index (χ3v) is 3.40. The fourth-order valence-corrected chi connectivity index (χ4v) is 2.26. The maximum atomic E-state index is 8.58. The molecule has 0 N–H and O–H groups in total. The first-order chi connectivity index (χ1) is 8.52. The molecule has 0 radical (unpaired) electrons. The van der Waals surface area contributed by atoms with Crippen LogP contribution in [0.4, 0.5) is 5.69 Å². The Kier molecular flexibility index (Phi) is 5.03. The van der Waals surface area contributed by atoms with Gasteiger partial charge in [0.25, 0.3) is 0 Å². The van der Waals surface area contributed by atoms with Crippen LogP contribution in [-0.2, 0) is 0 Å². The highest BCUT2D eigenvalue weighted by atomic mass is 16.5. The molecule has 0 aromatic heterocycles. The molecule has 0 atom stereocenters. The van der Waals surface area contributed by atoms with E-state index in [1.165, 1.54) is 16.8 Å². The van der Waals surface area contributed by atoms with Crippen LogP contribution in [0.25, 0.3) is 0 Å². The number of aryl methyl sites for hydroxylation is 1. The zero-order valence-electron chi connectivity index (χ0n) is 12.0. The highest BCUT2D eigenvalue weighted by Gasteiger charge is 2.13. The summed E-state index contributed by atoms with van der Waals surface area (Å²) >= 11 is 0. The lowest BCUT2D eigenvalue weighted by Crippen LogP contribution is -2.20. The van der Waals surface area contributed by atoms with E-state index in [4.69, 9.17) is 10.00 Å². The van der Waals surface area contributed by atoms with Crippen LogP contribution in [0.15, 0.2) is 6.07 Å². The van der Waals surface area contributed by atoms with Gasteiger partial charge in [-0.3, -0.25) is 0 Å². The van der Waals surface area contributed by atoms with E-state index in [0.29, 0.717) is 6.42 Å². The molecule has 0 heterocycles. The lowest BCUT2D eigenvalue weighted by molar-refractivity contribution is 0.408. The average molecular weight is 246 g/mol. The van der Waals surface area contributed by atoms with E-state index >= 15 is 0 Å². The van der Waals surface area contributed by atoms with E-state index in [0.717, 1.165) is 24.3 Å². The normalized spacial score (nSPS) is 10.0. The number of methoxy groups -OCH3 is 1. The van der Waals surface area contributed by atoms with Gasteiger partial charge in [-0.15, -0.1) is 0 Å². The van der Waals surface area contributed by atoms with Crippen molar-refractivity contribution in [2.24, 2.45) is 0 Å². The summed E-state index contributed by atoms with van der Waals surface area (Å²) in [5, 5.41) is 8.58. The molecule has 18 heavy (non-hydrogen) atoms. The fraction of sp³-hybridized carbons (Fsp3) is 0.533. The first-order valence-electron chi connectivity index (χ1n) is 6.25. The minimum atomic E-state index is 0.609. The number of rotatable bonds is 5. The second-order valence-corrected chi connectivity index (χ2v) is 4.68. The molecule has 3 heteroatoms. The quantitative estimate of drug-likeness (QED) is 0.747. The molecular weight excluding hydrogens is 224 g/mol. The summed E-state index contributed by atoms with van der Waals surface area (Å²) in [6.07, 6.45) is 1.51. The van der Waals surface area contributed by atoms with Crippen molar-refractivity contribution in [3.8, 4) is 11.8 Å². The molecule has 0 aliphatic heterocycles. The highest BCUT2D eigenvalue weighted by molar-refractivity contribution is 5.62. The van der Waals surface area contributed by atoms with Crippen molar-refractivity contribution in [1.29, 1.82) is 5.26 Å². The first kappa shape index (κ1) is 14.4. The van der Waals surface area contributed by atoms with Gasteiger partial charge in [-0.25, -0.2) is 0 Å². The maximum Gasteiger partial charge on any atom is 0.125 e. The van der Waals surface area contributed by atoms with E-state index in [9.17, 15) is 0 Å². The summed E-state index contributed by atoms with van der Waals surface area (Å²) in [5.74, 6) is 0.974. The molecule has 1 aromatic rings. The summed E-state index contributed by atoms with van der Waals surface area (Å²) in [6, 6.07) is 4.34. The molecule has 0 bridgehead atoms. The molecule has 3 nitrogen and oxygen atoms in total. The summed E-state index contributed by atoms with van der Waals surface area (Å²) in [4.78, 5) is 2.21. The Morgan fingerprint density at radius 1 is 1.28 bits per heavy atom. The van der Waals surface area contributed by atoms with Crippen molar-refractivity contribution in [3.63, 3.8) is 0 Å². The molecule has 0 amide bonds.